The Balaban J connectivity index is 1.76. The lowest BCUT2D eigenvalue weighted by Crippen LogP contribution is -2.47. The van der Waals surface area contributed by atoms with Gasteiger partial charge >= 0.3 is 6.03 Å². The summed E-state index contributed by atoms with van der Waals surface area (Å²) < 4.78 is 0. The maximum atomic E-state index is 11.9. The molecule has 1 aromatic heterocycles. The van der Waals surface area contributed by atoms with E-state index >= 15 is 0 Å². The van der Waals surface area contributed by atoms with E-state index in [1.807, 2.05) is 12.1 Å². The number of likely N-dealkylation sites (tertiary alicyclic amines) is 1. The first kappa shape index (κ1) is 15.8. The summed E-state index contributed by atoms with van der Waals surface area (Å²) in [4.78, 5) is 18.4. The van der Waals surface area contributed by atoms with E-state index in [0.717, 1.165) is 25.3 Å². The summed E-state index contributed by atoms with van der Waals surface area (Å²) in [6.07, 6.45) is 9.51. The molecular weight excluding hydrogens is 264 g/mol. The van der Waals surface area contributed by atoms with Gasteiger partial charge in [0.15, 0.2) is 0 Å². The number of nitrogens with one attached hydrogen (secondary N) is 2. The summed E-state index contributed by atoms with van der Waals surface area (Å²) >= 11 is 0. The van der Waals surface area contributed by atoms with Gasteiger partial charge in [-0.1, -0.05) is 19.8 Å². The van der Waals surface area contributed by atoms with Crippen LogP contribution in [0.15, 0.2) is 24.5 Å². The van der Waals surface area contributed by atoms with Gasteiger partial charge in [0.2, 0.25) is 0 Å². The van der Waals surface area contributed by atoms with Crippen LogP contribution < -0.4 is 10.6 Å². The van der Waals surface area contributed by atoms with Crippen molar-refractivity contribution in [1.82, 2.24) is 15.2 Å². The van der Waals surface area contributed by atoms with Crippen molar-refractivity contribution in [2.45, 2.75) is 45.1 Å². The van der Waals surface area contributed by atoms with Gasteiger partial charge in [-0.05, 0) is 44.5 Å². The largest absolute Gasteiger partial charge is 0.336 e. The van der Waals surface area contributed by atoms with Crippen molar-refractivity contribution < 1.29 is 4.79 Å². The highest BCUT2D eigenvalue weighted by Gasteiger charge is 2.22. The molecule has 1 aliphatic rings. The molecule has 0 aliphatic carbocycles. The zero-order valence-corrected chi connectivity index (χ0v) is 12.8. The van der Waals surface area contributed by atoms with Crippen molar-refractivity contribution in [3.05, 3.63) is 24.5 Å². The molecule has 2 N–H and O–H groups in total. The van der Waals surface area contributed by atoms with Crippen LogP contribution in [0.2, 0.25) is 0 Å². The minimum absolute atomic E-state index is 0.149. The molecule has 1 saturated heterocycles. The lowest BCUT2D eigenvalue weighted by atomic mass is 10.0. The number of hydrogen-bond acceptors (Lipinski definition) is 3. The van der Waals surface area contributed by atoms with Gasteiger partial charge < -0.3 is 10.6 Å². The number of anilines is 1. The van der Waals surface area contributed by atoms with Crippen LogP contribution in [0.4, 0.5) is 10.5 Å². The van der Waals surface area contributed by atoms with E-state index in [-0.39, 0.29) is 6.03 Å². The van der Waals surface area contributed by atoms with Gasteiger partial charge in [0, 0.05) is 18.8 Å². The van der Waals surface area contributed by atoms with Gasteiger partial charge in [0.25, 0.3) is 0 Å². The molecule has 21 heavy (non-hydrogen) atoms. The van der Waals surface area contributed by atoms with Crippen molar-refractivity contribution >= 4 is 11.7 Å². The summed E-state index contributed by atoms with van der Waals surface area (Å²) in [5, 5.41) is 5.80. The number of piperidine rings is 1. The first-order valence-electron chi connectivity index (χ1n) is 7.98. The molecule has 5 nitrogen and oxygen atoms in total. The minimum atomic E-state index is -0.149. The molecule has 0 spiro atoms. The van der Waals surface area contributed by atoms with E-state index in [4.69, 9.17) is 0 Å². The second-order valence-corrected chi connectivity index (χ2v) is 5.62. The maximum absolute atomic E-state index is 11.9. The van der Waals surface area contributed by atoms with Crippen LogP contribution in [0.1, 0.15) is 39.0 Å². The Hall–Kier alpha value is -1.62. The number of pyridine rings is 1. The van der Waals surface area contributed by atoms with E-state index in [0.29, 0.717) is 6.04 Å². The highest BCUT2D eigenvalue weighted by atomic mass is 16.2. The fraction of sp³-hybridized carbons (Fsp3) is 0.625. The number of unbranched alkanes of at least 4 members (excludes halogenated alkanes) is 1. The van der Waals surface area contributed by atoms with E-state index in [2.05, 4.69) is 27.4 Å². The zero-order chi connectivity index (χ0) is 14.9. The fourth-order valence-corrected chi connectivity index (χ4v) is 2.77. The first-order chi connectivity index (χ1) is 10.3. The number of hydrogen-bond donors (Lipinski definition) is 2. The van der Waals surface area contributed by atoms with Gasteiger partial charge in [-0.25, -0.2) is 4.79 Å². The topological polar surface area (TPSA) is 57.3 Å². The minimum Gasteiger partial charge on any atom is -0.336 e. The Kier molecular flexibility index (Phi) is 6.47. The van der Waals surface area contributed by atoms with E-state index in [1.165, 1.54) is 32.1 Å². The molecule has 1 atom stereocenters. The molecule has 2 amide bonds. The molecule has 1 fully saturated rings. The lowest BCUT2D eigenvalue weighted by Gasteiger charge is -2.35. The Morgan fingerprint density at radius 3 is 3.14 bits per heavy atom. The predicted molar refractivity (Wildman–Crippen MR) is 85.4 cm³/mol. The number of rotatable bonds is 6. The monoisotopic (exact) mass is 290 g/mol. The summed E-state index contributed by atoms with van der Waals surface area (Å²) in [6.45, 7) is 5.25. The number of carbonyl (C=O) groups is 1. The average Bonchev–Trinajstić information content (AvgIpc) is 2.52. The Morgan fingerprint density at radius 1 is 1.48 bits per heavy atom. The van der Waals surface area contributed by atoms with E-state index in [1.54, 1.807) is 12.4 Å². The molecule has 2 rings (SSSR count). The Morgan fingerprint density at radius 2 is 2.38 bits per heavy atom. The molecule has 5 heteroatoms. The van der Waals surface area contributed by atoms with Gasteiger partial charge in [-0.3, -0.25) is 9.88 Å². The first-order valence-corrected chi connectivity index (χ1v) is 7.98. The quantitative estimate of drug-likeness (QED) is 0.847. The smallest absolute Gasteiger partial charge is 0.319 e. The van der Waals surface area contributed by atoms with Crippen molar-refractivity contribution in [2.75, 3.05) is 25.0 Å². The number of nitrogens with zero attached hydrogens (tertiary/aromatic N) is 2. The molecule has 0 unspecified atom stereocenters. The lowest BCUT2D eigenvalue weighted by molar-refractivity contribution is 0.145. The molecule has 0 radical (unpaired) electrons. The highest BCUT2D eigenvalue weighted by Crippen LogP contribution is 2.17. The van der Waals surface area contributed by atoms with Crippen molar-refractivity contribution in [3.63, 3.8) is 0 Å². The number of aromatic nitrogens is 1. The van der Waals surface area contributed by atoms with Gasteiger partial charge in [0.05, 0.1) is 11.9 Å². The second kappa shape index (κ2) is 8.62. The van der Waals surface area contributed by atoms with Crippen LogP contribution in [0, 0.1) is 0 Å². The van der Waals surface area contributed by atoms with Crippen LogP contribution in [0.5, 0.6) is 0 Å². The number of amides is 2. The van der Waals surface area contributed by atoms with E-state index < -0.39 is 0 Å². The average molecular weight is 290 g/mol. The van der Waals surface area contributed by atoms with Crippen molar-refractivity contribution in [2.24, 2.45) is 0 Å². The molecule has 2 heterocycles. The van der Waals surface area contributed by atoms with Crippen LogP contribution >= 0.6 is 0 Å². The van der Waals surface area contributed by atoms with Crippen LogP contribution in [0.25, 0.3) is 0 Å². The SMILES string of the molecule is CCCCN1CCCC[C@@H]1CNC(=O)Nc1cccnc1. The number of urea groups is 1. The maximum Gasteiger partial charge on any atom is 0.319 e. The molecule has 0 aromatic carbocycles. The van der Waals surface area contributed by atoms with Gasteiger partial charge in [-0.2, -0.15) is 0 Å². The van der Waals surface area contributed by atoms with Crippen LogP contribution in [-0.4, -0.2) is 41.6 Å². The summed E-state index contributed by atoms with van der Waals surface area (Å²) in [6, 6.07) is 3.97. The Labute approximate surface area is 127 Å². The molecule has 0 saturated carbocycles. The number of carbonyl (C=O) groups excluding carboxylic acids is 1. The fourth-order valence-electron chi connectivity index (χ4n) is 2.77. The molecule has 1 aromatic rings. The second-order valence-electron chi connectivity index (χ2n) is 5.62. The van der Waals surface area contributed by atoms with Crippen molar-refractivity contribution in [3.8, 4) is 0 Å². The molecule has 116 valence electrons. The molecule has 1 aliphatic heterocycles. The molecule has 0 bridgehead atoms. The van der Waals surface area contributed by atoms with Crippen molar-refractivity contribution in [1.29, 1.82) is 0 Å². The highest BCUT2D eigenvalue weighted by molar-refractivity contribution is 5.88. The Bertz CT molecular complexity index is 424. The summed E-state index contributed by atoms with van der Waals surface area (Å²) in [7, 11) is 0. The predicted octanol–water partition coefficient (Wildman–Crippen LogP) is 2.86. The van der Waals surface area contributed by atoms with Gasteiger partial charge in [-0.15, -0.1) is 0 Å². The van der Waals surface area contributed by atoms with E-state index in [9.17, 15) is 4.79 Å². The van der Waals surface area contributed by atoms with Crippen LogP contribution in [0.3, 0.4) is 0 Å². The standard InChI is InChI=1S/C16H26N4O/c1-2-3-10-20-11-5-4-8-15(20)13-18-16(21)19-14-7-6-9-17-12-14/h6-7,9,12,15H,2-5,8,10-11,13H2,1H3,(H2,18,19,21)/t15-/m1/s1. The summed E-state index contributed by atoms with van der Waals surface area (Å²) in [5.74, 6) is 0. The van der Waals surface area contributed by atoms with Gasteiger partial charge in [0.1, 0.15) is 0 Å². The zero-order valence-electron chi connectivity index (χ0n) is 12.8. The third-order valence-corrected chi connectivity index (χ3v) is 3.97. The normalized spacial score (nSPS) is 19.2. The van der Waals surface area contributed by atoms with Crippen LogP contribution in [-0.2, 0) is 0 Å². The molecular formula is C16H26N4O. The third-order valence-electron chi connectivity index (χ3n) is 3.97. The third kappa shape index (κ3) is 5.34. The summed E-state index contributed by atoms with van der Waals surface area (Å²) in [5.41, 5.74) is 0.724.